The maximum Gasteiger partial charge on any atom is 0.140 e. The van der Waals surface area contributed by atoms with Crippen molar-refractivity contribution in [2.45, 2.75) is 52.9 Å². The molecule has 0 amide bonds. The monoisotopic (exact) mass is 608 g/mol. The number of aromatic nitrogens is 4. The Morgan fingerprint density at radius 1 is 0.739 bits per heavy atom. The minimum absolute atomic E-state index is 0.323. The molecule has 0 saturated heterocycles. The number of aryl methyl sites for hydroxylation is 2. The van der Waals surface area contributed by atoms with Crippen molar-refractivity contribution in [2.75, 3.05) is 0 Å². The van der Waals surface area contributed by atoms with Gasteiger partial charge in [0.25, 0.3) is 0 Å². The van der Waals surface area contributed by atoms with E-state index in [4.69, 9.17) is 9.84 Å². The summed E-state index contributed by atoms with van der Waals surface area (Å²) in [6, 6.07) is 33.9. The zero-order valence-electron chi connectivity index (χ0n) is 26.5. The summed E-state index contributed by atoms with van der Waals surface area (Å²) in [6.07, 6.45) is 7.44. The fourth-order valence-electron chi connectivity index (χ4n) is 6.52. The van der Waals surface area contributed by atoms with E-state index in [9.17, 15) is 4.39 Å². The summed E-state index contributed by atoms with van der Waals surface area (Å²) in [5.41, 5.74) is 8.47. The highest BCUT2D eigenvalue weighted by Crippen LogP contribution is 2.36. The van der Waals surface area contributed by atoms with E-state index in [1.54, 1.807) is 0 Å². The molecule has 6 heteroatoms. The molecule has 46 heavy (non-hydrogen) atoms. The molecular formula is C40H37FN4O. The van der Waals surface area contributed by atoms with Gasteiger partial charge in [0, 0.05) is 46.4 Å². The molecule has 230 valence electrons. The summed E-state index contributed by atoms with van der Waals surface area (Å²) >= 11 is 0. The number of ether oxygens (including phenoxy) is 1. The molecular weight excluding hydrogens is 571 g/mol. The summed E-state index contributed by atoms with van der Waals surface area (Å²) in [4.78, 5) is 4.55. The highest BCUT2D eigenvalue weighted by atomic mass is 19.1. The molecule has 0 aliphatic heterocycles. The second-order valence-electron chi connectivity index (χ2n) is 11.9. The van der Waals surface area contributed by atoms with Crippen LogP contribution in [0.1, 0.15) is 49.6 Å². The first-order valence-corrected chi connectivity index (χ1v) is 16.1. The van der Waals surface area contributed by atoms with E-state index in [1.807, 2.05) is 70.8 Å². The molecule has 0 radical (unpaired) electrons. The molecule has 0 N–H and O–H groups in total. The van der Waals surface area contributed by atoms with Crippen molar-refractivity contribution in [3.8, 4) is 34.1 Å². The van der Waals surface area contributed by atoms with Crippen LogP contribution < -0.4 is 4.74 Å². The quantitative estimate of drug-likeness (QED) is 0.145. The minimum Gasteiger partial charge on any atom is -0.457 e. The number of rotatable bonds is 10. The van der Waals surface area contributed by atoms with Gasteiger partial charge in [0.1, 0.15) is 23.1 Å². The second kappa shape index (κ2) is 12.6. The Labute approximate surface area is 268 Å². The first kappa shape index (κ1) is 29.5. The third-order valence-corrected chi connectivity index (χ3v) is 8.71. The van der Waals surface area contributed by atoms with Crippen molar-refractivity contribution >= 4 is 21.8 Å². The standard InChI is InChI=1S/C40H37FN4O/c1-4-5-6-8-12-29-17-20-37-36(23-29)35-19-18-34(26-38(35)44(37)39-24-31(41)21-22-42-39)46-33-16-11-15-32(25-33)45-28(3)40(27(2)43-45)30-13-9-7-10-14-30/h7,9-11,13-26H,4-6,8,12H2,1-3H3. The summed E-state index contributed by atoms with van der Waals surface area (Å²) in [5.74, 6) is 1.60. The molecule has 3 aromatic heterocycles. The van der Waals surface area contributed by atoms with Crippen LogP contribution in [-0.2, 0) is 6.42 Å². The maximum absolute atomic E-state index is 14.4. The van der Waals surface area contributed by atoms with Crippen molar-refractivity contribution in [3.63, 3.8) is 0 Å². The van der Waals surface area contributed by atoms with Crippen LogP contribution in [0.15, 0.2) is 109 Å². The van der Waals surface area contributed by atoms with E-state index in [0.717, 1.165) is 56.4 Å². The van der Waals surface area contributed by atoms with Gasteiger partial charge >= 0.3 is 0 Å². The topological polar surface area (TPSA) is 44.9 Å². The number of benzene rings is 4. The summed E-state index contributed by atoms with van der Waals surface area (Å²) in [7, 11) is 0. The molecule has 0 fully saturated rings. The highest BCUT2D eigenvalue weighted by Gasteiger charge is 2.17. The number of unbranched alkanes of at least 4 members (excludes halogenated alkanes) is 3. The van der Waals surface area contributed by atoms with Crippen molar-refractivity contribution in [2.24, 2.45) is 0 Å². The summed E-state index contributed by atoms with van der Waals surface area (Å²) < 4.78 is 24.9. The van der Waals surface area contributed by atoms with Gasteiger partial charge in [0.2, 0.25) is 0 Å². The Morgan fingerprint density at radius 3 is 2.41 bits per heavy atom. The van der Waals surface area contributed by atoms with E-state index < -0.39 is 0 Å². The lowest BCUT2D eigenvalue weighted by Gasteiger charge is -2.11. The molecule has 4 aromatic carbocycles. The van der Waals surface area contributed by atoms with Crippen LogP contribution in [0.5, 0.6) is 11.5 Å². The zero-order valence-corrected chi connectivity index (χ0v) is 26.5. The van der Waals surface area contributed by atoms with Crippen LogP contribution in [-0.4, -0.2) is 19.3 Å². The van der Waals surface area contributed by atoms with Gasteiger partial charge < -0.3 is 4.74 Å². The second-order valence-corrected chi connectivity index (χ2v) is 11.9. The molecule has 7 aromatic rings. The smallest absolute Gasteiger partial charge is 0.140 e. The number of nitrogens with zero attached hydrogens (tertiary/aromatic N) is 4. The van der Waals surface area contributed by atoms with E-state index >= 15 is 0 Å². The first-order valence-electron chi connectivity index (χ1n) is 16.1. The predicted molar refractivity (Wildman–Crippen MR) is 185 cm³/mol. The first-order chi connectivity index (χ1) is 22.5. The Hall–Kier alpha value is -5.23. The van der Waals surface area contributed by atoms with Crippen LogP contribution in [0.3, 0.4) is 0 Å². The fraction of sp³-hybridized carbons (Fsp3) is 0.200. The van der Waals surface area contributed by atoms with E-state index in [2.05, 4.69) is 55.2 Å². The van der Waals surface area contributed by atoms with Crippen LogP contribution >= 0.6 is 0 Å². The predicted octanol–water partition coefficient (Wildman–Crippen LogP) is 10.7. The third-order valence-electron chi connectivity index (χ3n) is 8.71. The minimum atomic E-state index is -0.323. The lowest BCUT2D eigenvalue weighted by molar-refractivity contribution is 0.482. The van der Waals surface area contributed by atoms with Crippen LogP contribution in [0.25, 0.3) is 44.4 Å². The normalized spacial score (nSPS) is 11.5. The zero-order chi connectivity index (χ0) is 31.6. The van der Waals surface area contributed by atoms with Crippen molar-refractivity contribution < 1.29 is 9.13 Å². The average Bonchev–Trinajstić information content (AvgIpc) is 3.55. The van der Waals surface area contributed by atoms with E-state index in [1.165, 1.54) is 49.6 Å². The lowest BCUT2D eigenvalue weighted by atomic mass is 10.0. The van der Waals surface area contributed by atoms with E-state index in [0.29, 0.717) is 17.3 Å². The maximum atomic E-state index is 14.4. The third kappa shape index (κ3) is 5.67. The Kier molecular flexibility index (Phi) is 8.10. The van der Waals surface area contributed by atoms with Gasteiger partial charge in [0.05, 0.1) is 22.4 Å². The van der Waals surface area contributed by atoms with Gasteiger partial charge in [-0.3, -0.25) is 4.57 Å². The molecule has 0 aliphatic carbocycles. The van der Waals surface area contributed by atoms with E-state index in [-0.39, 0.29) is 5.82 Å². The number of hydrogen-bond acceptors (Lipinski definition) is 3. The average molecular weight is 609 g/mol. The number of pyridine rings is 1. The van der Waals surface area contributed by atoms with Gasteiger partial charge in [-0.05, 0) is 80.3 Å². The van der Waals surface area contributed by atoms with Gasteiger partial charge in [-0.25, -0.2) is 14.1 Å². The van der Waals surface area contributed by atoms with Gasteiger partial charge in [0.15, 0.2) is 0 Å². The molecule has 0 saturated carbocycles. The van der Waals surface area contributed by atoms with Crippen LogP contribution in [0, 0.1) is 19.7 Å². The molecule has 5 nitrogen and oxygen atoms in total. The highest BCUT2D eigenvalue weighted by molar-refractivity contribution is 6.09. The molecule has 0 spiro atoms. The summed E-state index contributed by atoms with van der Waals surface area (Å²) in [5, 5.41) is 7.08. The molecule has 7 rings (SSSR count). The molecule has 3 heterocycles. The largest absolute Gasteiger partial charge is 0.457 e. The Morgan fingerprint density at radius 2 is 1.59 bits per heavy atom. The summed E-state index contributed by atoms with van der Waals surface area (Å²) in [6.45, 7) is 6.38. The Bertz CT molecular complexity index is 2160. The fourth-order valence-corrected chi connectivity index (χ4v) is 6.52. The Balaban J connectivity index is 1.26. The van der Waals surface area contributed by atoms with Gasteiger partial charge in [-0.2, -0.15) is 5.10 Å². The lowest BCUT2D eigenvalue weighted by Crippen LogP contribution is -2.00. The SMILES string of the molecule is CCCCCCc1ccc2c(c1)c1ccc(Oc3cccc(-n4nc(C)c(-c5ccccc5)c4C)c3)cc1n2-c1cc(F)ccn1. The number of hydrogen-bond donors (Lipinski definition) is 0. The van der Waals surface area contributed by atoms with Gasteiger partial charge in [-0.1, -0.05) is 68.7 Å². The molecule has 0 aliphatic rings. The molecule has 0 unspecified atom stereocenters. The number of fused-ring (bicyclic) bond motifs is 3. The number of halogens is 1. The van der Waals surface area contributed by atoms with Crippen molar-refractivity contribution in [3.05, 3.63) is 132 Å². The van der Waals surface area contributed by atoms with Crippen molar-refractivity contribution in [1.29, 1.82) is 0 Å². The van der Waals surface area contributed by atoms with Crippen LogP contribution in [0.2, 0.25) is 0 Å². The van der Waals surface area contributed by atoms with Crippen molar-refractivity contribution in [1.82, 2.24) is 19.3 Å². The van der Waals surface area contributed by atoms with Crippen LogP contribution in [0.4, 0.5) is 4.39 Å². The molecule has 0 bridgehead atoms. The molecule has 0 atom stereocenters. The van der Waals surface area contributed by atoms with Gasteiger partial charge in [-0.15, -0.1) is 0 Å².